The van der Waals surface area contributed by atoms with E-state index in [4.69, 9.17) is 14.4 Å². The number of carbonyl (C=O) groups excluding carboxylic acids is 3. The van der Waals surface area contributed by atoms with Crippen molar-refractivity contribution in [2.75, 3.05) is 18.5 Å². The number of unbranched alkanes of at least 4 members (excludes halogenated alkanes) is 3. The van der Waals surface area contributed by atoms with Crippen molar-refractivity contribution in [1.29, 1.82) is 0 Å². The van der Waals surface area contributed by atoms with Crippen LogP contribution in [0.4, 0.5) is 0 Å². The smallest absolute Gasteiger partial charge is 0.545 e. The van der Waals surface area contributed by atoms with Crippen molar-refractivity contribution in [2.24, 2.45) is 0 Å². The molecule has 3 nitrogen and oxygen atoms in total. The molecule has 0 atom stereocenters. The Bertz CT molecular complexity index is 117. The third-order valence-electron chi connectivity index (χ3n) is 2.48. The molecular weight excluding hydrogens is 318 g/mol. The van der Waals surface area contributed by atoms with Crippen LogP contribution in [-0.4, -0.2) is 38.9 Å². The minimum atomic E-state index is 0. The molecule has 0 saturated carbocycles. The molecule has 0 aromatic carbocycles. The van der Waals surface area contributed by atoms with Crippen LogP contribution in [0, 0.1) is 0 Å². The monoisotopic (exact) mass is 348 g/mol. The van der Waals surface area contributed by atoms with Gasteiger partial charge in [0.2, 0.25) is 0 Å². The Hall–Kier alpha value is -0.0535. The average molecular weight is 348 g/mol. The molecule has 0 amide bonds. The van der Waals surface area contributed by atoms with Gasteiger partial charge in [0.25, 0.3) is 0 Å². The van der Waals surface area contributed by atoms with Crippen LogP contribution in [0.5, 0.6) is 0 Å². The van der Waals surface area contributed by atoms with Crippen LogP contribution in [0.3, 0.4) is 0 Å². The molecule has 0 rings (SSSR count). The van der Waals surface area contributed by atoms with E-state index in [9.17, 15) is 0 Å². The molecule has 0 heterocycles. The van der Waals surface area contributed by atoms with E-state index in [0.717, 1.165) is 0 Å². The van der Waals surface area contributed by atoms with Crippen LogP contribution in [0.2, 0.25) is 0 Å². The second-order valence-electron chi connectivity index (χ2n) is 3.90. The van der Waals surface area contributed by atoms with Crippen molar-refractivity contribution in [3.63, 3.8) is 0 Å². The maximum absolute atomic E-state index is 7.75. The van der Waals surface area contributed by atoms with Gasteiger partial charge in [-0.05, 0) is 37.7 Å². The third kappa shape index (κ3) is 36.1. The van der Waals surface area contributed by atoms with Gasteiger partial charge in [-0.1, -0.05) is 40.0 Å². The molecule has 122 valence electrons. The van der Waals surface area contributed by atoms with E-state index in [1.807, 2.05) is 0 Å². The summed E-state index contributed by atoms with van der Waals surface area (Å²) >= 11 is 0. The first-order valence-electron chi connectivity index (χ1n) is 6.78. The van der Waals surface area contributed by atoms with Crippen molar-refractivity contribution < 1.29 is 31.2 Å². The Morgan fingerprint density at radius 2 is 0.800 bits per heavy atom. The molecule has 0 aromatic rings. The van der Waals surface area contributed by atoms with Gasteiger partial charge in [0.1, 0.15) is 0 Å². The normalized spacial score (nSPS) is 7.80. The van der Waals surface area contributed by atoms with E-state index in [2.05, 4.69) is 41.1 Å². The fourth-order valence-electron chi connectivity index (χ4n) is 1.48. The van der Waals surface area contributed by atoms with E-state index in [1.54, 1.807) is 18.5 Å². The molecule has 0 fully saturated rings. The molecule has 0 bridgehead atoms. The van der Waals surface area contributed by atoms with Crippen molar-refractivity contribution in [2.45, 2.75) is 59.3 Å². The first-order valence-corrected chi connectivity index (χ1v) is 8.67. The van der Waals surface area contributed by atoms with E-state index >= 15 is 0 Å². The van der Waals surface area contributed by atoms with E-state index in [0.29, 0.717) is 7.92 Å². The van der Waals surface area contributed by atoms with Crippen molar-refractivity contribution in [1.82, 2.24) is 0 Å². The largest absolute Gasteiger partial charge is 3.00 e. The summed E-state index contributed by atoms with van der Waals surface area (Å²) in [5.41, 5.74) is 0. The quantitative estimate of drug-likeness (QED) is 0.359. The second-order valence-corrected chi connectivity index (χ2v) is 6.59. The Morgan fingerprint density at radius 3 is 0.950 bits per heavy atom. The summed E-state index contributed by atoms with van der Waals surface area (Å²) in [7, 11) is 0.422. The Morgan fingerprint density at radius 1 is 0.600 bits per heavy atom. The Kier molecular flexibility index (Phi) is 68.5. The van der Waals surface area contributed by atoms with Crippen molar-refractivity contribution in [3.8, 4) is 0 Å². The van der Waals surface area contributed by atoms with E-state index in [-0.39, 0.29) is 16.8 Å². The molecule has 0 N–H and O–H groups in total. The summed E-state index contributed by atoms with van der Waals surface area (Å²) in [6.45, 7) is 16.7. The third-order valence-corrected chi connectivity index (χ3v) is 5.33. The molecule has 0 aliphatic heterocycles. The zero-order valence-electron chi connectivity index (χ0n) is 13.1. The van der Waals surface area contributed by atoms with Crippen molar-refractivity contribution >= 4 is 28.3 Å². The van der Waals surface area contributed by atoms with Gasteiger partial charge < -0.3 is 14.4 Å². The molecule has 0 aromatic heterocycles. The van der Waals surface area contributed by atoms with E-state index in [1.165, 1.54) is 38.5 Å². The summed E-state index contributed by atoms with van der Waals surface area (Å²) in [6.07, 6.45) is 13.2. The van der Waals surface area contributed by atoms with Crippen LogP contribution < -0.4 is 0 Å². The first-order chi connectivity index (χ1) is 9.35. The van der Waals surface area contributed by atoms with Crippen LogP contribution >= 0.6 is 7.92 Å². The van der Waals surface area contributed by atoms with Gasteiger partial charge >= 0.3 is 16.8 Å². The SMILES string of the molecule is CCCCP(CCCC)CCCC.[CH-]=O.[CH-]=O.[CH-]=O.[Co+3]. The molecule has 0 saturated heterocycles. The topological polar surface area (TPSA) is 51.2 Å². The van der Waals surface area contributed by atoms with Gasteiger partial charge in [0.15, 0.2) is 0 Å². The van der Waals surface area contributed by atoms with E-state index < -0.39 is 0 Å². The standard InChI is InChI=1S/C12H27P.3CHO.Co/c1-4-7-10-13(11-8-5-2)12-9-6-3;3*1-2;/h4-12H2,1-3H3;3*1H;/q;3*-1;+3. The van der Waals surface area contributed by atoms with Gasteiger partial charge in [-0.2, -0.15) is 0 Å². The van der Waals surface area contributed by atoms with Crippen LogP contribution in [-0.2, 0) is 31.2 Å². The molecule has 5 heteroatoms. The summed E-state index contributed by atoms with van der Waals surface area (Å²) < 4.78 is 0. The minimum Gasteiger partial charge on any atom is -0.545 e. The predicted molar refractivity (Wildman–Crippen MR) is 86.5 cm³/mol. The van der Waals surface area contributed by atoms with Gasteiger partial charge in [-0.3, -0.25) is 20.4 Å². The second kappa shape index (κ2) is 42.8. The maximum Gasteiger partial charge on any atom is 3.00 e. The summed E-state index contributed by atoms with van der Waals surface area (Å²) in [5.74, 6) is 0. The van der Waals surface area contributed by atoms with Crippen LogP contribution in [0.1, 0.15) is 59.3 Å². The molecule has 0 aliphatic carbocycles. The minimum absolute atomic E-state index is 0. The van der Waals surface area contributed by atoms with Gasteiger partial charge in [-0.25, -0.2) is 0 Å². The zero-order valence-corrected chi connectivity index (χ0v) is 15.0. The molecule has 0 radical (unpaired) electrons. The summed E-state index contributed by atoms with van der Waals surface area (Å²) in [6, 6.07) is 0. The van der Waals surface area contributed by atoms with Gasteiger partial charge in [0, 0.05) is 0 Å². The number of rotatable bonds is 9. The molecule has 0 aliphatic rings. The maximum atomic E-state index is 7.75. The Labute approximate surface area is 137 Å². The number of hydrogen-bond donors (Lipinski definition) is 0. The molecule has 0 unspecified atom stereocenters. The average Bonchev–Trinajstić information content (AvgIpc) is 2.52. The summed E-state index contributed by atoms with van der Waals surface area (Å²) in [4.78, 5) is 23.2. The first kappa shape index (κ1) is 32.1. The molecule has 20 heavy (non-hydrogen) atoms. The van der Waals surface area contributed by atoms with Crippen molar-refractivity contribution in [3.05, 3.63) is 0 Å². The molecule has 0 spiro atoms. The molecular formula is C15H30CoO3P. The predicted octanol–water partition coefficient (Wildman–Crippen LogP) is 4.04. The van der Waals surface area contributed by atoms with Crippen LogP contribution in [0.15, 0.2) is 0 Å². The fourth-order valence-corrected chi connectivity index (χ4v) is 4.44. The fraction of sp³-hybridized carbons (Fsp3) is 0.800. The number of hydrogen-bond acceptors (Lipinski definition) is 3. The Balaban J connectivity index is -0.0000000940. The zero-order chi connectivity index (χ0) is 15.9. The van der Waals surface area contributed by atoms with Crippen LogP contribution in [0.25, 0.3) is 0 Å². The van der Waals surface area contributed by atoms with Gasteiger partial charge in [-0.15, -0.1) is 7.92 Å². The summed E-state index contributed by atoms with van der Waals surface area (Å²) in [5, 5.41) is 0. The van der Waals surface area contributed by atoms with Gasteiger partial charge in [0.05, 0.1) is 0 Å².